The predicted octanol–water partition coefficient (Wildman–Crippen LogP) is 3.72. The number of aliphatic hydroxyl groups excluding tert-OH is 1. The highest BCUT2D eigenvalue weighted by Gasteiger charge is 2.16. The van der Waals surface area contributed by atoms with E-state index in [1.165, 1.54) is 0 Å². The lowest BCUT2D eigenvalue weighted by atomic mass is 10.1. The smallest absolute Gasteiger partial charge is 0.167 e. The Morgan fingerprint density at radius 1 is 1.05 bits per heavy atom. The summed E-state index contributed by atoms with van der Waals surface area (Å²) in [5.74, 6) is 1.26. The van der Waals surface area contributed by atoms with Crippen LogP contribution in [0.4, 0.5) is 0 Å². The lowest BCUT2D eigenvalue weighted by Crippen LogP contribution is -2.04. The Bertz CT molecular complexity index is 537. The number of methoxy groups -OCH3 is 1. The summed E-state index contributed by atoms with van der Waals surface area (Å²) in [6.07, 6.45) is 0.0883. The summed E-state index contributed by atoms with van der Waals surface area (Å²) in [7, 11) is 1.60. The number of hydrogen-bond acceptors (Lipinski definition) is 3. The maximum atomic E-state index is 10.1. The van der Waals surface area contributed by atoms with Gasteiger partial charge in [-0.1, -0.05) is 49.4 Å². The zero-order chi connectivity index (χ0) is 14.4. The van der Waals surface area contributed by atoms with Crippen LogP contribution < -0.4 is 9.47 Å². The van der Waals surface area contributed by atoms with Gasteiger partial charge in [-0.15, -0.1) is 0 Å². The first-order chi connectivity index (χ1) is 9.76. The first kappa shape index (κ1) is 14.4. The monoisotopic (exact) mass is 272 g/mol. The van der Waals surface area contributed by atoms with E-state index in [0.29, 0.717) is 24.5 Å². The van der Waals surface area contributed by atoms with Crippen LogP contribution in [-0.2, 0) is 6.61 Å². The van der Waals surface area contributed by atoms with Gasteiger partial charge in [-0.2, -0.15) is 0 Å². The fraction of sp³-hybridized carbons (Fsp3) is 0.294. The zero-order valence-corrected chi connectivity index (χ0v) is 11.9. The van der Waals surface area contributed by atoms with Crippen LogP contribution in [0, 0.1) is 0 Å². The molecule has 0 amide bonds. The van der Waals surface area contributed by atoms with Crippen molar-refractivity contribution < 1.29 is 14.6 Å². The third-order valence-electron chi connectivity index (χ3n) is 3.20. The largest absolute Gasteiger partial charge is 0.493 e. The maximum Gasteiger partial charge on any atom is 0.167 e. The van der Waals surface area contributed by atoms with Gasteiger partial charge in [-0.05, 0) is 18.1 Å². The van der Waals surface area contributed by atoms with Crippen LogP contribution in [0.5, 0.6) is 11.5 Å². The molecule has 0 aliphatic rings. The quantitative estimate of drug-likeness (QED) is 0.871. The van der Waals surface area contributed by atoms with Gasteiger partial charge in [0.05, 0.1) is 13.2 Å². The van der Waals surface area contributed by atoms with E-state index in [1.54, 1.807) is 7.11 Å². The molecule has 0 saturated carbocycles. The summed E-state index contributed by atoms with van der Waals surface area (Å²) < 4.78 is 11.2. The van der Waals surface area contributed by atoms with Gasteiger partial charge in [0.2, 0.25) is 0 Å². The highest BCUT2D eigenvalue weighted by atomic mass is 16.5. The van der Waals surface area contributed by atoms with Crippen molar-refractivity contribution in [1.82, 2.24) is 0 Å². The number of benzene rings is 2. The van der Waals surface area contributed by atoms with Crippen LogP contribution in [0.2, 0.25) is 0 Å². The summed E-state index contributed by atoms with van der Waals surface area (Å²) in [4.78, 5) is 0. The molecule has 0 saturated heterocycles. The normalized spacial score (nSPS) is 11.9. The summed E-state index contributed by atoms with van der Waals surface area (Å²) >= 11 is 0. The van der Waals surface area contributed by atoms with Crippen molar-refractivity contribution in [2.45, 2.75) is 26.1 Å². The highest BCUT2D eigenvalue weighted by molar-refractivity contribution is 5.47. The first-order valence-electron chi connectivity index (χ1n) is 6.78. The molecule has 2 aromatic rings. The molecule has 3 heteroatoms. The molecule has 20 heavy (non-hydrogen) atoms. The standard InChI is InChI=1S/C17H20O3/c1-3-15(18)14-10-7-11-16(19-2)17(14)20-12-13-8-5-4-6-9-13/h4-11,15,18H,3,12H2,1-2H3. The van der Waals surface area contributed by atoms with Crippen LogP contribution in [-0.4, -0.2) is 12.2 Å². The zero-order valence-electron chi connectivity index (χ0n) is 11.9. The lowest BCUT2D eigenvalue weighted by Gasteiger charge is -2.17. The molecule has 0 aliphatic heterocycles. The Kier molecular flexibility index (Phi) is 5.02. The van der Waals surface area contributed by atoms with Crippen LogP contribution in [0.25, 0.3) is 0 Å². The van der Waals surface area contributed by atoms with Crippen molar-refractivity contribution in [3.63, 3.8) is 0 Å². The van der Waals surface area contributed by atoms with Crippen molar-refractivity contribution in [1.29, 1.82) is 0 Å². The van der Waals surface area contributed by atoms with E-state index in [-0.39, 0.29) is 0 Å². The minimum atomic E-state index is -0.545. The van der Waals surface area contributed by atoms with Gasteiger partial charge in [0.1, 0.15) is 6.61 Å². The van der Waals surface area contributed by atoms with E-state index >= 15 is 0 Å². The number of rotatable bonds is 6. The predicted molar refractivity (Wildman–Crippen MR) is 79.0 cm³/mol. The number of para-hydroxylation sites is 1. The molecule has 0 bridgehead atoms. The molecule has 0 fully saturated rings. The minimum Gasteiger partial charge on any atom is -0.493 e. The summed E-state index contributed by atoms with van der Waals surface area (Å²) in [6, 6.07) is 15.5. The molecule has 106 valence electrons. The molecule has 2 rings (SSSR count). The SMILES string of the molecule is CCC(O)c1cccc(OC)c1OCc1ccccc1. The van der Waals surface area contributed by atoms with Crippen molar-refractivity contribution in [2.24, 2.45) is 0 Å². The average molecular weight is 272 g/mol. The fourth-order valence-corrected chi connectivity index (χ4v) is 2.06. The molecule has 1 atom stereocenters. The van der Waals surface area contributed by atoms with Gasteiger partial charge < -0.3 is 14.6 Å². The van der Waals surface area contributed by atoms with Crippen LogP contribution >= 0.6 is 0 Å². The van der Waals surface area contributed by atoms with Crippen LogP contribution in [0.15, 0.2) is 48.5 Å². The van der Waals surface area contributed by atoms with Crippen LogP contribution in [0.1, 0.15) is 30.6 Å². The lowest BCUT2D eigenvalue weighted by molar-refractivity contribution is 0.164. The van der Waals surface area contributed by atoms with Crippen molar-refractivity contribution in [3.8, 4) is 11.5 Å². The highest BCUT2D eigenvalue weighted by Crippen LogP contribution is 2.36. The summed E-state index contributed by atoms with van der Waals surface area (Å²) in [5, 5.41) is 10.1. The molecule has 3 nitrogen and oxygen atoms in total. The third kappa shape index (κ3) is 3.31. The van der Waals surface area contributed by atoms with Gasteiger partial charge in [0, 0.05) is 5.56 Å². The second kappa shape index (κ2) is 6.96. The molecule has 0 aromatic heterocycles. The fourth-order valence-electron chi connectivity index (χ4n) is 2.06. The first-order valence-corrected chi connectivity index (χ1v) is 6.78. The molecular formula is C17H20O3. The molecule has 0 aliphatic carbocycles. The third-order valence-corrected chi connectivity index (χ3v) is 3.20. The minimum absolute atomic E-state index is 0.449. The summed E-state index contributed by atoms with van der Waals surface area (Å²) in [5.41, 5.74) is 1.85. The molecule has 0 heterocycles. The Balaban J connectivity index is 2.24. The molecule has 1 N–H and O–H groups in total. The van der Waals surface area contributed by atoms with E-state index in [0.717, 1.165) is 11.1 Å². The van der Waals surface area contributed by atoms with E-state index in [2.05, 4.69) is 0 Å². The number of hydrogen-bond donors (Lipinski definition) is 1. The Morgan fingerprint density at radius 3 is 2.45 bits per heavy atom. The van der Waals surface area contributed by atoms with Crippen LogP contribution in [0.3, 0.4) is 0 Å². The maximum absolute atomic E-state index is 10.1. The second-order valence-electron chi connectivity index (χ2n) is 4.58. The average Bonchev–Trinajstić information content (AvgIpc) is 2.52. The summed E-state index contributed by atoms with van der Waals surface area (Å²) in [6.45, 7) is 2.38. The molecule has 1 unspecified atom stereocenters. The van der Waals surface area contributed by atoms with E-state index in [9.17, 15) is 5.11 Å². The van der Waals surface area contributed by atoms with Crippen molar-refractivity contribution >= 4 is 0 Å². The second-order valence-corrected chi connectivity index (χ2v) is 4.58. The number of ether oxygens (including phenoxy) is 2. The Morgan fingerprint density at radius 2 is 1.80 bits per heavy atom. The topological polar surface area (TPSA) is 38.7 Å². The van der Waals surface area contributed by atoms with Gasteiger partial charge >= 0.3 is 0 Å². The van der Waals surface area contributed by atoms with Crippen molar-refractivity contribution in [2.75, 3.05) is 7.11 Å². The van der Waals surface area contributed by atoms with E-state index in [4.69, 9.17) is 9.47 Å². The van der Waals surface area contributed by atoms with E-state index < -0.39 is 6.10 Å². The molecular weight excluding hydrogens is 252 g/mol. The molecule has 0 spiro atoms. The van der Waals surface area contributed by atoms with Crippen molar-refractivity contribution in [3.05, 3.63) is 59.7 Å². The Labute approximate surface area is 119 Å². The van der Waals surface area contributed by atoms with E-state index in [1.807, 2.05) is 55.5 Å². The van der Waals surface area contributed by atoms with Gasteiger partial charge in [-0.3, -0.25) is 0 Å². The molecule has 2 aromatic carbocycles. The van der Waals surface area contributed by atoms with Gasteiger partial charge in [-0.25, -0.2) is 0 Å². The number of aliphatic hydroxyl groups is 1. The molecule has 0 radical (unpaired) electrons. The Hall–Kier alpha value is -2.00. The van der Waals surface area contributed by atoms with Gasteiger partial charge in [0.25, 0.3) is 0 Å². The van der Waals surface area contributed by atoms with Gasteiger partial charge in [0.15, 0.2) is 11.5 Å².